The molecule has 0 aliphatic heterocycles. The maximum atomic E-state index is 12.0. The highest BCUT2D eigenvalue weighted by atomic mass is 16.4. The van der Waals surface area contributed by atoms with E-state index in [1.807, 2.05) is 26.8 Å². The van der Waals surface area contributed by atoms with Crippen molar-refractivity contribution in [2.45, 2.75) is 66.3 Å². The van der Waals surface area contributed by atoms with E-state index in [0.717, 1.165) is 57.3 Å². The Morgan fingerprint density at radius 1 is 1.14 bits per heavy atom. The number of hydrogen-bond acceptors (Lipinski definition) is 3. The maximum Gasteiger partial charge on any atom is 0.405 e. The SMILES string of the molecule is Cc1ccc(-c2c(C(NC(=O)O)C(C)(C)C)c(CC(C)C)nc3ccc(C4CC4C(N)=O)cc23)cc1. The highest BCUT2D eigenvalue weighted by Gasteiger charge is 2.43. The van der Waals surface area contributed by atoms with Gasteiger partial charge in [-0.15, -0.1) is 0 Å². The molecule has 0 radical (unpaired) electrons. The zero-order valence-electron chi connectivity index (χ0n) is 22.1. The van der Waals surface area contributed by atoms with Crippen molar-refractivity contribution >= 4 is 22.9 Å². The fourth-order valence-electron chi connectivity index (χ4n) is 5.18. The molecular formula is C30H37N3O3. The first-order valence-corrected chi connectivity index (χ1v) is 12.7. The number of carbonyl (C=O) groups excluding carboxylic acids is 1. The number of amides is 2. The average molecular weight is 488 g/mol. The largest absolute Gasteiger partial charge is 0.465 e. The number of benzene rings is 2. The maximum absolute atomic E-state index is 12.0. The van der Waals surface area contributed by atoms with Crippen molar-refractivity contribution in [3.8, 4) is 11.1 Å². The predicted molar refractivity (Wildman–Crippen MR) is 144 cm³/mol. The molecule has 2 aromatic carbocycles. The molecule has 1 saturated carbocycles. The van der Waals surface area contributed by atoms with E-state index in [0.29, 0.717) is 5.92 Å². The second-order valence-corrected chi connectivity index (χ2v) is 11.7. The standard InChI is InChI=1S/C30H37N3O3/c1-16(2)13-24-26(27(30(4,5)6)33-29(35)36)25(18-9-7-17(3)8-10-18)22-14-19(11-12-23(22)32-24)20-15-21(20)28(31)34/h7-12,14,16,20-21,27,33H,13,15H2,1-6H3,(H2,31,34)(H,35,36). The lowest BCUT2D eigenvalue weighted by Crippen LogP contribution is -2.37. The number of pyridine rings is 1. The van der Waals surface area contributed by atoms with E-state index in [2.05, 4.69) is 62.5 Å². The molecule has 1 aromatic heterocycles. The summed E-state index contributed by atoms with van der Waals surface area (Å²) in [4.78, 5) is 28.9. The summed E-state index contributed by atoms with van der Waals surface area (Å²) in [5.41, 5.74) is 12.1. The molecule has 6 heteroatoms. The molecule has 2 amide bonds. The summed E-state index contributed by atoms with van der Waals surface area (Å²) in [6, 6.07) is 14.1. The van der Waals surface area contributed by atoms with Crippen LogP contribution in [-0.2, 0) is 11.2 Å². The van der Waals surface area contributed by atoms with E-state index in [-0.39, 0.29) is 17.7 Å². The van der Waals surface area contributed by atoms with Crippen LogP contribution >= 0.6 is 0 Å². The van der Waals surface area contributed by atoms with Gasteiger partial charge in [0, 0.05) is 22.6 Å². The van der Waals surface area contributed by atoms with Gasteiger partial charge in [0.15, 0.2) is 0 Å². The molecule has 6 nitrogen and oxygen atoms in total. The van der Waals surface area contributed by atoms with Crippen molar-refractivity contribution in [3.63, 3.8) is 0 Å². The number of aryl methyl sites for hydroxylation is 1. The highest BCUT2D eigenvalue weighted by molar-refractivity contribution is 5.98. The Morgan fingerprint density at radius 3 is 2.33 bits per heavy atom. The monoisotopic (exact) mass is 487 g/mol. The lowest BCUT2D eigenvalue weighted by molar-refractivity contribution is -0.119. The number of nitrogens with two attached hydrogens (primary N) is 1. The fraction of sp³-hybridized carbons (Fsp3) is 0.433. The molecule has 0 saturated heterocycles. The Morgan fingerprint density at radius 2 is 1.81 bits per heavy atom. The minimum atomic E-state index is -1.06. The van der Waals surface area contributed by atoms with Crippen LogP contribution in [0.5, 0.6) is 0 Å². The lowest BCUT2D eigenvalue weighted by atomic mass is 9.77. The van der Waals surface area contributed by atoms with Crippen molar-refractivity contribution < 1.29 is 14.7 Å². The molecule has 1 heterocycles. The smallest absolute Gasteiger partial charge is 0.405 e. The minimum absolute atomic E-state index is 0.118. The van der Waals surface area contributed by atoms with Crippen LogP contribution in [0.2, 0.25) is 0 Å². The van der Waals surface area contributed by atoms with Crippen molar-refractivity contribution in [2.75, 3.05) is 0 Å². The molecule has 3 unspecified atom stereocenters. The minimum Gasteiger partial charge on any atom is -0.465 e. The zero-order valence-corrected chi connectivity index (χ0v) is 22.1. The van der Waals surface area contributed by atoms with Gasteiger partial charge in [0.25, 0.3) is 0 Å². The Bertz CT molecular complexity index is 1310. The average Bonchev–Trinajstić information content (AvgIpc) is 3.57. The Balaban J connectivity index is 2.08. The second-order valence-electron chi connectivity index (χ2n) is 11.7. The number of nitrogens with zero attached hydrogens (tertiary/aromatic N) is 1. The molecule has 3 aromatic rings. The Labute approximate surface area is 213 Å². The van der Waals surface area contributed by atoms with Crippen molar-refractivity contribution in [1.29, 1.82) is 0 Å². The number of nitrogens with one attached hydrogen (secondary N) is 1. The van der Waals surface area contributed by atoms with Crippen molar-refractivity contribution in [2.24, 2.45) is 23.0 Å². The molecule has 0 spiro atoms. The molecular weight excluding hydrogens is 450 g/mol. The molecule has 36 heavy (non-hydrogen) atoms. The van der Waals surface area contributed by atoms with E-state index < -0.39 is 17.6 Å². The van der Waals surface area contributed by atoms with Crippen LogP contribution in [0.3, 0.4) is 0 Å². The van der Waals surface area contributed by atoms with E-state index in [1.165, 1.54) is 0 Å². The Kier molecular flexibility index (Phi) is 6.82. The number of rotatable bonds is 7. The predicted octanol–water partition coefficient (Wildman–Crippen LogP) is 6.35. The second kappa shape index (κ2) is 9.57. The zero-order chi connectivity index (χ0) is 26.4. The molecule has 1 fully saturated rings. The molecule has 3 atom stereocenters. The Hall–Kier alpha value is -3.41. The normalized spacial score (nSPS) is 18.3. The third-order valence-corrected chi connectivity index (χ3v) is 7.07. The summed E-state index contributed by atoms with van der Waals surface area (Å²) >= 11 is 0. The van der Waals surface area contributed by atoms with E-state index in [4.69, 9.17) is 10.7 Å². The first-order chi connectivity index (χ1) is 16.9. The van der Waals surface area contributed by atoms with Gasteiger partial charge in [-0.1, -0.05) is 70.5 Å². The summed E-state index contributed by atoms with van der Waals surface area (Å²) < 4.78 is 0. The number of aromatic nitrogens is 1. The van der Waals surface area contributed by atoms with Crippen LogP contribution in [-0.4, -0.2) is 22.1 Å². The number of hydrogen-bond donors (Lipinski definition) is 3. The van der Waals surface area contributed by atoms with Crippen LogP contribution < -0.4 is 11.1 Å². The quantitative estimate of drug-likeness (QED) is 0.361. The molecule has 0 bridgehead atoms. The van der Waals surface area contributed by atoms with Crippen LogP contribution in [0.25, 0.3) is 22.0 Å². The van der Waals surface area contributed by atoms with Gasteiger partial charge in [-0.2, -0.15) is 0 Å². The first-order valence-electron chi connectivity index (χ1n) is 12.7. The number of carbonyl (C=O) groups is 2. The summed E-state index contributed by atoms with van der Waals surface area (Å²) in [6.07, 6.45) is 0.431. The summed E-state index contributed by atoms with van der Waals surface area (Å²) in [6.45, 7) is 12.5. The van der Waals surface area contributed by atoms with Gasteiger partial charge in [-0.05, 0) is 65.8 Å². The van der Waals surface area contributed by atoms with Gasteiger partial charge in [-0.25, -0.2) is 4.79 Å². The van der Waals surface area contributed by atoms with Crippen LogP contribution in [0.4, 0.5) is 4.79 Å². The number of primary amides is 1. The topological polar surface area (TPSA) is 105 Å². The third kappa shape index (κ3) is 5.23. The van der Waals surface area contributed by atoms with E-state index in [1.54, 1.807) is 0 Å². The van der Waals surface area contributed by atoms with Crippen molar-refractivity contribution in [1.82, 2.24) is 10.3 Å². The van der Waals surface area contributed by atoms with Gasteiger partial charge < -0.3 is 16.2 Å². The van der Waals surface area contributed by atoms with E-state index >= 15 is 0 Å². The lowest BCUT2D eigenvalue weighted by Gasteiger charge is -2.34. The number of carboxylic acid groups (broad SMARTS) is 1. The van der Waals surface area contributed by atoms with Gasteiger partial charge in [-0.3, -0.25) is 9.78 Å². The third-order valence-electron chi connectivity index (χ3n) is 7.07. The molecule has 4 rings (SSSR count). The van der Waals surface area contributed by atoms with Crippen molar-refractivity contribution in [3.05, 3.63) is 64.8 Å². The van der Waals surface area contributed by atoms with Crippen LogP contribution in [0, 0.1) is 24.2 Å². The van der Waals surface area contributed by atoms with Gasteiger partial charge in [0.1, 0.15) is 0 Å². The first kappa shape index (κ1) is 25.7. The molecule has 4 N–H and O–H groups in total. The van der Waals surface area contributed by atoms with E-state index in [9.17, 15) is 14.7 Å². The molecule has 1 aliphatic carbocycles. The van der Waals surface area contributed by atoms with Crippen LogP contribution in [0.1, 0.15) is 75.4 Å². The summed E-state index contributed by atoms with van der Waals surface area (Å²) in [7, 11) is 0. The van der Waals surface area contributed by atoms with Gasteiger partial charge in [0.05, 0.1) is 11.6 Å². The van der Waals surface area contributed by atoms with Gasteiger partial charge in [0.2, 0.25) is 5.91 Å². The summed E-state index contributed by atoms with van der Waals surface area (Å²) in [5.74, 6) is 0.0662. The molecule has 190 valence electrons. The van der Waals surface area contributed by atoms with Gasteiger partial charge >= 0.3 is 6.09 Å². The number of fused-ring (bicyclic) bond motifs is 1. The fourth-order valence-corrected chi connectivity index (χ4v) is 5.18. The summed E-state index contributed by atoms with van der Waals surface area (Å²) in [5, 5.41) is 13.6. The molecule has 1 aliphatic rings. The van der Waals surface area contributed by atoms with Crippen LogP contribution in [0.15, 0.2) is 42.5 Å². The highest BCUT2D eigenvalue weighted by Crippen LogP contribution is 2.49.